The van der Waals surface area contributed by atoms with Gasteiger partial charge in [0.05, 0.1) is 6.61 Å². The van der Waals surface area contributed by atoms with E-state index in [2.05, 4.69) is 41.3 Å². The summed E-state index contributed by atoms with van der Waals surface area (Å²) in [5.41, 5.74) is 2.31. The van der Waals surface area contributed by atoms with Gasteiger partial charge in [-0.2, -0.15) is 0 Å². The average molecular weight is 301 g/mol. The van der Waals surface area contributed by atoms with Crippen molar-refractivity contribution in [1.29, 1.82) is 0 Å². The standard InChI is InChI=1S/C18H23NO3/c1-19(2)16-7-4-13(5-8-16)9-10-21-18(20)22-17-12-14-3-6-15(17)11-14/h3-8,14-15,17H,9-12H2,1-2H3. The van der Waals surface area contributed by atoms with Crippen molar-refractivity contribution in [3.8, 4) is 0 Å². The van der Waals surface area contributed by atoms with Gasteiger partial charge in [-0.15, -0.1) is 0 Å². The van der Waals surface area contributed by atoms with Gasteiger partial charge in [0.1, 0.15) is 6.10 Å². The highest BCUT2D eigenvalue weighted by molar-refractivity contribution is 5.60. The third-order valence-corrected chi connectivity index (χ3v) is 4.53. The number of allylic oxidation sites excluding steroid dienone is 1. The summed E-state index contributed by atoms with van der Waals surface area (Å²) in [4.78, 5) is 13.8. The fourth-order valence-corrected chi connectivity index (χ4v) is 3.24. The first-order valence-electron chi connectivity index (χ1n) is 7.90. The lowest BCUT2D eigenvalue weighted by Crippen LogP contribution is -2.23. The second-order valence-electron chi connectivity index (χ2n) is 6.35. The molecule has 2 bridgehead atoms. The van der Waals surface area contributed by atoms with Crippen molar-refractivity contribution < 1.29 is 14.3 Å². The molecule has 22 heavy (non-hydrogen) atoms. The number of rotatable bonds is 5. The number of anilines is 1. The van der Waals surface area contributed by atoms with E-state index in [9.17, 15) is 4.79 Å². The van der Waals surface area contributed by atoms with Crippen molar-refractivity contribution in [1.82, 2.24) is 0 Å². The molecule has 3 atom stereocenters. The average Bonchev–Trinajstić information content (AvgIpc) is 3.10. The van der Waals surface area contributed by atoms with Gasteiger partial charge in [0.15, 0.2) is 0 Å². The lowest BCUT2D eigenvalue weighted by molar-refractivity contribution is 0.0158. The number of nitrogens with zero attached hydrogens (tertiary/aromatic N) is 1. The molecule has 1 aromatic carbocycles. The summed E-state index contributed by atoms with van der Waals surface area (Å²) in [6.45, 7) is 0.358. The number of hydrogen-bond acceptors (Lipinski definition) is 4. The lowest BCUT2D eigenvalue weighted by atomic mass is 10.1. The Bertz CT molecular complexity index is 550. The zero-order chi connectivity index (χ0) is 15.5. The molecule has 0 N–H and O–H groups in total. The third kappa shape index (κ3) is 3.43. The van der Waals surface area contributed by atoms with Crippen LogP contribution in [0.15, 0.2) is 36.4 Å². The monoisotopic (exact) mass is 301 g/mol. The second kappa shape index (κ2) is 6.42. The van der Waals surface area contributed by atoms with Crippen molar-refractivity contribution in [3.05, 3.63) is 42.0 Å². The van der Waals surface area contributed by atoms with Crippen molar-refractivity contribution in [2.45, 2.75) is 25.4 Å². The molecule has 0 aliphatic heterocycles. The normalized spacial score (nSPS) is 25.3. The summed E-state index contributed by atoms with van der Waals surface area (Å²) in [5, 5.41) is 0. The van der Waals surface area contributed by atoms with Crippen molar-refractivity contribution in [3.63, 3.8) is 0 Å². The van der Waals surface area contributed by atoms with Crippen LogP contribution in [-0.4, -0.2) is 33.0 Å². The van der Waals surface area contributed by atoms with Crippen LogP contribution in [0.25, 0.3) is 0 Å². The van der Waals surface area contributed by atoms with Gasteiger partial charge >= 0.3 is 6.16 Å². The van der Waals surface area contributed by atoms with Crippen LogP contribution in [0.4, 0.5) is 10.5 Å². The summed E-state index contributed by atoms with van der Waals surface area (Å²) in [7, 11) is 4.03. The molecule has 3 unspecified atom stereocenters. The fourth-order valence-electron chi connectivity index (χ4n) is 3.24. The minimum atomic E-state index is -0.532. The maximum Gasteiger partial charge on any atom is 0.508 e. The minimum Gasteiger partial charge on any atom is -0.434 e. The first-order chi connectivity index (χ1) is 10.6. The number of ether oxygens (including phenoxy) is 2. The first kappa shape index (κ1) is 14.9. The van der Waals surface area contributed by atoms with Crippen LogP contribution in [0.1, 0.15) is 18.4 Å². The Labute approximate surface area is 131 Å². The summed E-state index contributed by atoms with van der Waals surface area (Å²) in [5.74, 6) is 0.995. The molecule has 0 radical (unpaired) electrons. The van der Waals surface area contributed by atoms with E-state index >= 15 is 0 Å². The Morgan fingerprint density at radius 3 is 2.55 bits per heavy atom. The highest BCUT2D eigenvalue weighted by Gasteiger charge is 2.38. The number of fused-ring (bicyclic) bond motifs is 2. The molecule has 0 aromatic heterocycles. The van der Waals surface area contributed by atoms with Crippen molar-refractivity contribution >= 4 is 11.8 Å². The molecule has 1 aromatic rings. The Hall–Kier alpha value is -1.97. The van der Waals surface area contributed by atoms with Crippen LogP contribution in [0.5, 0.6) is 0 Å². The maximum atomic E-state index is 11.7. The summed E-state index contributed by atoms with van der Waals surface area (Å²) in [6, 6.07) is 8.25. The van der Waals surface area contributed by atoms with Gasteiger partial charge in [-0.3, -0.25) is 0 Å². The molecule has 0 spiro atoms. The SMILES string of the molecule is CN(C)c1ccc(CCOC(=O)OC2CC3C=CC2C3)cc1. The van der Waals surface area contributed by atoms with E-state index in [0.29, 0.717) is 24.9 Å². The van der Waals surface area contributed by atoms with Crippen LogP contribution in [0, 0.1) is 11.8 Å². The Morgan fingerprint density at radius 2 is 1.95 bits per heavy atom. The highest BCUT2D eigenvalue weighted by Crippen LogP contribution is 2.40. The van der Waals surface area contributed by atoms with E-state index in [1.807, 2.05) is 14.1 Å². The van der Waals surface area contributed by atoms with E-state index in [-0.39, 0.29) is 6.10 Å². The van der Waals surface area contributed by atoms with Gasteiger partial charge < -0.3 is 14.4 Å². The summed E-state index contributed by atoms with van der Waals surface area (Å²) in [6.07, 6.45) is 6.65. The molecule has 4 nitrogen and oxygen atoms in total. The van der Waals surface area contributed by atoms with Gasteiger partial charge in [0.25, 0.3) is 0 Å². The van der Waals surface area contributed by atoms with Crippen LogP contribution in [0.3, 0.4) is 0 Å². The molecule has 2 aliphatic carbocycles. The molecule has 0 heterocycles. The molecule has 1 saturated carbocycles. The zero-order valence-electron chi connectivity index (χ0n) is 13.2. The molecule has 2 aliphatic rings. The van der Waals surface area contributed by atoms with Crippen LogP contribution in [0.2, 0.25) is 0 Å². The Balaban J connectivity index is 1.39. The summed E-state index contributed by atoms with van der Waals surface area (Å²) >= 11 is 0. The maximum absolute atomic E-state index is 11.7. The zero-order valence-corrected chi connectivity index (χ0v) is 13.2. The van der Waals surface area contributed by atoms with Gasteiger partial charge in [-0.1, -0.05) is 24.3 Å². The smallest absolute Gasteiger partial charge is 0.434 e. The molecule has 118 valence electrons. The number of hydrogen-bond donors (Lipinski definition) is 0. The molecular weight excluding hydrogens is 278 g/mol. The summed E-state index contributed by atoms with van der Waals surface area (Å²) < 4.78 is 10.6. The minimum absolute atomic E-state index is 0.0156. The topological polar surface area (TPSA) is 38.8 Å². The Kier molecular flexibility index (Phi) is 4.36. The highest BCUT2D eigenvalue weighted by atomic mass is 16.7. The van der Waals surface area contributed by atoms with E-state index < -0.39 is 6.16 Å². The van der Waals surface area contributed by atoms with E-state index in [4.69, 9.17) is 9.47 Å². The molecular formula is C18H23NO3. The second-order valence-corrected chi connectivity index (χ2v) is 6.35. The number of carbonyl (C=O) groups is 1. The van der Waals surface area contributed by atoms with E-state index in [1.54, 1.807) is 0 Å². The van der Waals surface area contributed by atoms with E-state index in [1.165, 1.54) is 0 Å². The molecule has 3 rings (SSSR count). The quantitative estimate of drug-likeness (QED) is 0.617. The largest absolute Gasteiger partial charge is 0.508 e. The van der Waals surface area contributed by atoms with Crippen LogP contribution >= 0.6 is 0 Å². The predicted octanol–water partition coefficient (Wildman–Crippen LogP) is 3.41. The van der Waals surface area contributed by atoms with Gasteiger partial charge in [0, 0.05) is 32.1 Å². The molecule has 0 saturated heterocycles. The molecule has 0 amide bonds. The van der Waals surface area contributed by atoms with Gasteiger partial charge in [-0.05, 0) is 36.5 Å². The number of benzene rings is 1. The van der Waals surface area contributed by atoms with Crippen LogP contribution in [-0.2, 0) is 15.9 Å². The van der Waals surface area contributed by atoms with Gasteiger partial charge in [-0.25, -0.2) is 4.79 Å². The third-order valence-electron chi connectivity index (χ3n) is 4.53. The fraction of sp³-hybridized carbons (Fsp3) is 0.500. The number of carbonyl (C=O) groups excluding carboxylic acids is 1. The van der Waals surface area contributed by atoms with Crippen molar-refractivity contribution in [2.24, 2.45) is 11.8 Å². The first-order valence-corrected chi connectivity index (χ1v) is 7.90. The van der Waals surface area contributed by atoms with Crippen LogP contribution < -0.4 is 4.90 Å². The van der Waals surface area contributed by atoms with Crippen molar-refractivity contribution in [2.75, 3.05) is 25.6 Å². The van der Waals surface area contributed by atoms with E-state index in [0.717, 1.165) is 24.1 Å². The van der Waals surface area contributed by atoms with Gasteiger partial charge in [0.2, 0.25) is 0 Å². The predicted molar refractivity (Wildman–Crippen MR) is 86.0 cm³/mol. The molecule has 4 heteroatoms. The molecule has 1 fully saturated rings. The Morgan fingerprint density at radius 1 is 1.18 bits per heavy atom. The lowest BCUT2D eigenvalue weighted by Gasteiger charge is -2.18.